The fourth-order valence-electron chi connectivity index (χ4n) is 3.98. The summed E-state index contributed by atoms with van der Waals surface area (Å²) in [4.78, 5) is 11.1. The number of hydrogen-bond acceptors (Lipinski definition) is 5. The summed E-state index contributed by atoms with van der Waals surface area (Å²) in [7, 11) is 2.06. The maximum absolute atomic E-state index is 6.29. The Morgan fingerprint density at radius 3 is 3.17 bits per heavy atom. The smallest absolute Gasteiger partial charge is 0.122 e. The van der Waals surface area contributed by atoms with Crippen molar-refractivity contribution in [2.24, 2.45) is 7.05 Å². The first-order valence-corrected chi connectivity index (χ1v) is 8.72. The largest absolute Gasteiger partial charge is 0.379 e. The molecule has 1 spiro atoms. The molecule has 2 fully saturated rings. The number of hydrogen-bond donors (Lipinski definition) is 1. The minimum atomic E-state index is -0.0106. The van der Waals surface area contributed by atoms with Gasteiger partial charge in [0.1, 0.15) is 5.82 Å². The second-order valence-corrected chi connectivity index (χ2v) is 7.05. The predicted octanol–water partition coefficient (Wildman–Crippen LogP) is 2.05. The summed E-state index contributed by atoms with van der Waals surface area (Å²) in [6.45, 7) is 3.78. The van der Waals surface area contributed by atoms with Crippen LogP contribution in [0.3, 0.4) is 0 Å². The van der Waals surface area contributed by atoms with E-state index in [1.165, 1.54) is 6.42 Å². The van der Waals surface area contributed by atoms with E-state index in [1.807, 2.05) is 24.7 Å². The number of ether oxygens (including phenoxy) is 1. The average Bonchev–Trinajstić information content (AvgIpc) is 3.16. The molecule has 2 aliphatic heterocycles. The molecule has 0 bridgehead atoms. The fourth-order valence-corrected chi connectivity index (χ4v) is 3.98. The number of piperidine rings is 1. The molecule has 0 radical (unpaired) electrons. The number of pyridine rings is 1. The van der Waals surface area contributed by atoms with E-state index in [4.69, 9.17) is 4.74 Å². The Balaban J connectivity index is 1.38. The van der Waals surface area contributed by atoms with E-state index >= 15 is 0 Å². The van der Waals surface area contributed by atoms with Crippen LogP contribution in [-0.4, -0.2) is 50.8 Å². The third-order valence-corrected chi connectivity index (χ3v) is 5.15. The first-order valence-electron chi connectivity index (χ1n) is 8.72. The van der Waals surface area contributed by atoms with Gasteiger partial charge in [-0.05, 0) is 37.9 Å². The molecule has 4 rings (SSSR count). The Morgan fingerprint density at radius 1 is 1.42 bits per heavy atom. The van der Waals surface area contributed by atoms with Crippen molar-refractivity contribution in [2.45, 2.75) is 37.5 Å². The van der Waals surface area contributed by atoms with Crippen molar-refractivity contribution in [1.82, 2.24) is 19.4 Å². The van der Waals surface area contributed by atoms with Crippen LogP contribution in [0.1, 0.15) is 25.1 Å². The van der Waals surface area contributed by atoms with E-state index in [0.29, 0.717) is 6.04 Å². The van der Waals surface area contributed by atoms with Crippen LogP contribution in [0, 0.1) is 0 Å². The van der Waals surface area contributed by atoms with E-state index in [0.717, 1.165) is 50.6 Å². The molecule has 24 heavy (non-hydrogen) atoms. The summed E-state index contributed by atoms with van der Waals surface area (Å²) in [5.74, 6) is 1.12. The van der Waals surface area contributed by atoms with Gasteiger partial charge in [0.2, 0.25) is 0 Å². The lowest BCUT2D eigenvalue weighted by Crippen LogP contribution is -2.48. The molecule has 4 heterocycles. The standard InChI is InChI=1S/C18H25N5O/c1-22-9-7-20-17(22)12-23-8-3-5-18(14-23)10-16(13-24-18)21-15-4-2-6-19-11-15/h2,4,6-7,9,11,16,21H,3,5,8,10,12-14H2,1H3/t16-,18+/m1/s1. The Labute approximate surface area is 142 Å². The lowest BCUT2D eigenvalue weighted by atomic mass is 9.88. The topological polar surface area (TPSA) is 55.2 Å². The number of aryl methyl sites for hydroxylation is 1. The van der Waals surface area contributed by atoms with Gasteiger partial charge in [-0.3, -0.25) is 9.88 Å². The fraction of sp³-hybridized carbons (Fsp3) is 0.556. The van der Waals surface area contributed by atoms with Gasteiger partial charge in [-0.25, -0.2) is 4.98 Å². The maximum atomic E-state index is 6.29. The molecule has 2 aromatic heterocycles. The van der Waals surface area contributed by atoms with Crippen molar-refractivity contribution < 1.29 is 4.74 Å². The van der Waals surface area contributed by atoms with Gasteiger partial charge in [0.15, 0.2) is 0 Å². The van der Waals surface area contributed by atoms with Crippen LogP contribution in [0.4, 0.5) is 5.69 Å². The molecule has 0 saturated carbocycles. The van der Waals surface area contributed by atoms with Crippen molar-refractivity contribution in [3.05, 3.63) is 42.7 Å². The number of nitrogens with one attached hydrogen (secondary N) is 1. The summed E-state index contributed by atoms with van der Waals surface area (Å²) in [6, 6.07) is 4.39. The van der Waals surface area contributed by atoms with Crippen LogP contribution in [0.25, 0.3) is 0 Å². The Kier molecular flexibility index (Phi) is 4.24. The van der Waals surface area contributed by atoms with Crippen molar-refractivity contribution in [3.8, 4) is 0 Å². The monoisotopic (exact) mass is 327 g/mol. The number of anilines is 1. The first-order chi connectivity index (χ1) is 11.7. The maximum Gasteiger partial charge on any atom is 0.122 e. The molecule has 2 saturated heterocycles. The van der Waals surface area contributed by atoms with Gasteiger partial charge in [0.05, 0.1) is 30.5 Å². The van der Waals surface area contributed by atoms with E-state index in [1.54, 1.807) is 6.20 Å². The summed E-state index contributed by atoms with van der Waals surface area (Å²) < 4.78 is 8.39. The van der Waals surface area contributed by atoms with Crippen LogP contribution in [0.2, 0.25) is 0 Å². The van der Waals surface area contributed by atoms with Crippen LogP contribution in [0.5, 0.6) is 0 Å². The van der Waals surface area contributed by atoms with Gasteiger partial charge < -0.3 is 14.6 Å². The van der Waals surface area contributed by atoms with Gasteiger partial charge in [0, 0.05) is 38.4 Å². The van der Waals surface area contributed by atoms with Crippen LogP contribution >= 0.6 is 0 Å². The molecular weight excluding hydrogens is 302 g/mol. The molecule has 0 aliphatic carbocycles. The van der Waals surface area contributed by atoms with Crippen molar-refractivity contribution in [1.29, 1.82) is 0 Å². The van der Waals surface area contributed by atoms with E-state index in [-0.39, 0.29) is 5.60 Å². The zero-order chi connectivity index (χ0) is 16.4. The molecule has 2 atom stereocenters. The van der Waals surface area contributed by atoms with Crippen molar-refractivity contribution in [2.75, 3.05) is 25.0 Å². The lowest BCUT2D eigenvalue weighted by molar-refractivity contribution is -0.0539. The van der Waals surface area contributed by atoms with Crippen LogP contribution in [-0.2, 0) is 18.3 Å². The molecule has 2 aromatic rings. The first kappa shape index (κ1) is 15.6. The molecule has 128 valence electrons. The number of likely N-dealkylation sites (tertiary alicyclic amines) is 1. The normalized spacial score (nSPS) is 27.6. The third-order valence-electron chi connectivity index (χ3n) is 5.15. The molecule has 0 unspecified atom stereocenters. The summed E-state index contributed by atoms with van der Waals surface area (Å²) in [5, 5.41) is 3.56. The molecular formula is C18H25N5O. The number of nitrogens with zero attached hydrogens (tertiary/aromatic N) is 4. The molecule has 1 N–H and O–H groups in total. The quantitative estimate of drug-likeness (QED) is 0.931. The second-order valence-electron chi connectivity index (χ2n) is 7.05. The van der Waals surface area contributed by atoms with E-state index in [9.17, 15) is 0 Å². The minimum absolute atomic E-state index is 0.0106. The highest BCUT2D eigenvalue weighted by Crippen LogP contribution is 2.36. The van der Waals surface area contributed by atoms with Crippen molar-refractivity contribution in [3.63, 3.8) is 0 Å². The van der Waals surface area contributed by atoms with Gasteiger partial charge in [-0.1, -0.05) is 0 Å². The van der Waals surface area contributed by atoms with Gasteiger partial charge in [0.25, 0.3) is 0 Å². The highest BCUT2D eigenvalue weighted by Gasteiger charge is 2.43. The van der Waals surface area contributed by atoms with Gasteiger partial charge in [-0.2, -0.15) is 0 Å². The SMILES string of the molecule is Cn1ccnc1CN1CCC[C@]2(C[C@@H](Nc3cccnc3)CO2)C1. The zero-order valence-corrected chi connectivity index (χ0v) is 14.2. The number of imidazole rings is 1. The lowest BCUT2D eigenvalue weighted by Gasteiger charge is -2.39. The Bertz CT molecular complexity index is 673. The Hall–Kier alpha value is -1.92. The van der Waals surface area contributed by atoms with E-state index < -0.39 is 0 Å². The minimum Gasteiger partial charge on any atom is -0.379 e. The van der Waals surface area contributed by atoms with E-state index in [2.05, 4.69) is 37.9 Å². The summed E-state index contributed by atoms with van der Waals surface area (Å²) >= 11 is 0. The molecule has 0 amide bonds. The predicted molar refractivity (Wildman–Crippen MR) is 92.7 cm³/mol. The number of aromatic nitrogens is 3. The number of rotatable bonds is 4. The van der Waals surface area contributed by atoms with Gasteiger partial charge in [-0.15, -0.1) is 0 Å². The molecule has 6 heteroatoms. The second kappa shape index (κ2) is 6.53. The highest BCUT2D eigenvalue weighted by molar-refractivity contribution is 5.41. The summed E-state index contributed by atoms with van der Waals surface area (Å²) in [6.07, 6.45) is 10.9. The average molecular weight is 327 g/mol. The van der Waals surface area contributed by atoms with Crippen LogP contribution < -0.4 is 5.32 Å². The highest BCUT2D eigenvalue weighted by atomic mass is 16.5. The van der Waals surface area contributed by atoms with Crippen LogP contribution in [0.15, 0.2) is 36.9 Å². The van der Waals surface area contributed by atoms with Gasteiger partial charge >= 0.3 is 0 Å². The molecule has 0 aromatic carbocycles. The summed E-state index contributed by atoms with van der Waals surface area (Å²) in [5.41, 5.74) is 1.06. The third kappa shape index (κ3) is 3.30. The molecule has 6 nitrogen and oxygen atoms in total. The molecule has 2 aliphatic rings. The van der Waals surface area contributed by atoms with Crippen molar-refractivity contribution >= 4 is 5.69 Å². The Morgan fingerprint density at radius 2 is 2.38 bits per heavy atom. The zero-order valence-electron chi connectivity index (χ0n) is 14.2.